The van der Waals surface area contributed by atoms with Crippen molar-refractivity contribution in [3.63, 3.8) is 0 Å². The first-order valence-electron chi connectivity index (χ1n) is 16.9. The number of hydrogen-bond acceptors (Lipinski definition) is 4. The predicted molar refractivity (Wildman–Crippen MR) is 186 cm³/mol. The van der Waals surface area contributed by atoms with Crippen LogP contribution in [0.3, 0.4) is 0 Å². The molecule has 0 spiro atoms. The van der Waals surface area contributed by atoms with Gasteiger partial charge in [-0.15, -0.1) is 0 Å². The Labute approximate surface area is 349 Å². The molecule has 2 aromatic carbocycles. The van der Waals surface area contributed by atoms with Crippen molar-refractivity contribution < 1.29 is 112 Å². The van der Waals surface area contributed by atoms with Crippen molar-refractivity contribution in [2.24, 2.45) is 0 Å². The molecule has 298 valence electrons. The van der Waals surface area contributed by atoms with E-state index in [1.165, 1.54) is 37.1 Å². The maximum Gasteiger partial charge on any atom is 1.00 e. The number of piperidine rings is 2. The number of halogens is 12. The van der Waals surface area contributed by atoms with E-state index in [9.17, 15) is 51.8 Å². The fourth-order valence-corrected chi connectivity index (χ4v) is 5.36. The number of likely N-dealkylation sites (tertiary alicyclic amines) is 2. The van der Waals surface area contributed by atoms with Crippen molar-refractivity contribution in [3.8, 4) is 0 Å². The van der Waals surface area contributed by atoms with E-state index in [2.05, 4.69) is 112 Å². The molecule has 21 heteroatoms. The van der Waals surface area contributed by atoms with Gasteiger partial charge < -0.3 is 71.9 Å². The van der Waals surface area contributed by atoms with Gasteiger partial charge in [0.05, 0.1) is 11.2 Å². The van der Waals surface area contributed by atoms with Crippen LogP contribution in [-0.2, 0) is 22.4 Å². The van der Waals surface area contributed by atoms with Gasteiger partial charge in [-0.3, -0.25) is 4.90 Å². The average Bonchev–Trinajstić information content (AvgIpc) is 3.21. The molecule has 0 saturated carbocycles. The van der Waals surface area contributed by atoms with Crippen LogP contribution < -0.4 is 51.4 Å². The average molecular weight is 803 g/mol. The molecule has 0 amide bonds. The molecular weight excluding hydrogens is 755 g/mol. The zero-order valence-corrected chi connectivity index (χ0v) is 34.5. The zero-order chi connectivity index (χ0) is 40.0. The fraction of sp³-hybridized carbons (Fsp3) is 0.594. The Kier molecular flexibility index (Phi) is 22.6. The Balaban J connectivity index is 0.000000763. The molecule has 0 aromatic heterocycles. The van der Waals surface area contributed by atoms with Crippen molar-refractivity contribution >= 4 is 28.9 Å². The van der Waals surface area contributed by atoms with Gasteiger partial charge in [0, 0.05) is 18.4 Å². The first-order chi connectivity index (χ1) is 23.6. The molecule has 0 radical (unpaired) electrons. The quantitative estimate of drug-likeness (QED) is 0.175. The standard InChI is InChI=1S/C19H30BNO2.C13H18N.3BF4.K/c1-17(2)18(3,4)23-20(22-17)19(5)11-13-21(14-12-19)15-16-9-7-6-8-10-16;1-12-7-9-14(10-8-12)11-13-5-3-2-4-6-13;3*2-1(3,4)5;/h6-10H,11-15H2,1-5H3;2-6H,7-11H2,1H3;;;;/q;4*-1;+1. The molecule has 0 aliphatic carbocycles. The molecule has 3 aliphatic heterocycles. The van der Waals surface area contributed by atoms with Crippen molar-refractivity contribution in [2.75, 3.05) is 26.2 Å². The Hall–Kier alpha value is -0.664. The summed E-state index contributed by atoms with van der Waals surface area (Å²) >= 11 is 0. The molecule has 53 heavy (non-hydrogen) atoms. The maximum absolute atomic E-state index is 9.75. The maximum atomic E-state index is 9.75. The van der Waals surface area contributed by atoms with Gasteiger partial charge in [0.2, 0.25) is 0 Å². The third kappa shape index (κ3) is 25.3. The summed E-state index contributed by atoms with van der Waals surface area (Å²) < 4.78 is 130. The Bertz CT molecular complexity index is 1200. The minimum absolute atomic E-state index is 0. The van der Waals surface area contributed by atoms with E-state index in [-0.39, 0.29) is 75.0 Å². The topological polar surface area (TPSA) is 24.9 Å². The van der Waals surface area contributed by atoms with Crippen molar-refractivity contribution in [2.45, 2.75) is 96.8 Å². The zero-order valence-electron chi connectivity index (χ0n) is 31.4. The van der Waals surface area contributed by atoms with Crippen LogP contribution in [0.1, 0.15) is 78.4 Å². The van der Waals surface area contributed by atoms with Crippen LogP contribution in [0.25, 0.3) is 0 Å². The van der Waals surface area contributed by atoms with E-state index < -0.39 is 21.8 Å². The second-order valence-electron chi connectivity index (χ2n) is 14.2. The van der Waals surface area contributed by atoms with E-state index in [1.54, 1.807) is 5.92 Å². The van der Waals surface area contributed by atoms with Gasteiger partial charge in [-0.05, 0) is 77.8 Å². The van der Waals surface area contributed by atoms with Crippen molar-refractivity contribution in [3.05, 3.63) is 77.7 Å². The Morgan fingerprint density at radius 2 is 0.849 bits per heavy atom. The molecule has 0 bridgehead atoms. The van der Waals surface area contributed by atoms with Gasteiger partial charge in [-0.2, -0.15) is 19.8 Å². The van der Waals surface area contributed by atoms with E-state index in [0.29, 0.717) is 0 Å². The molecule has 0 unspecified atom stereocenters. The minimum Gasteiger partial charge on any atom is -0.418 e. The number of hydrogen-bond donors (Lipinski definition) is 0. The summed E-state index contributed by atoms with van der Waals surface area (Å²) in [6.45, 7) is 20.0. The van der Waals surface area contributed by atoms with Gasteiger partial charge in [0.15, 0.2) is 0 Å². The molecule has 0 atom stereocenters. The van der Waals surface area contributed by atoms with E-state index >= 15 is 0 Å². The fourth-order valence-electron chi connectivity index (χ4n) is 5.36. The summed E-state index contributed by atoms with van der Waals surface area (Å²) in [6.07, 6.45) is 4.81. The Morgan fingerprint density at radius 1 is 0.566 bits per heavy atom. The third-order valence-electron chi connectivity index (χ3n) is 9.03. The first kappa shape index (κ1) is 52.3. The summed E-state index contributed by atoms with van der Waals surface area (Å²) in [6, 6.07) is 21.5. The van der Waals surface area contributed by atoms with Crippen LogP contribution in [-0.4, -0.2) is 76.1 Å². The summed E-state index contributed by atoms with van der Waals surface area (Å²) in [5.41, 5.74) is 2.36. The summed E-state index contributed by atoms with van der Waals surface area (Å²) in [5, 5.41) is 0.109. The smallest absolute Gasteiger partial charge is 0.418 e. The molecule has 4 nitrogen and oxygen atoms in total. The molecule has 3 heterocycles. The van der Waals surface area contributed by atoms with Crippen LogP contribution in [0.4, 0.5) is 51.8 Å². The molecule has 5 rings (SSSR count). The minimum atomic E-state index is -6.00. The van der Waals surface area contributed by atoms with Crippen LogP contribution in [0, 0.1) is 5.92 Å². The number of rotatable bonds is 5. The van der Waals surface area contributed by atoms with Crippen LogP contribution in [0.5, 0.6) is 0 Å². The molecule has 0 N–H and O–H groups in total. The van der Waals surface area contributed by atoms with Crippen molar-refractivity contribution in [1.29, 1.82) is 0 Å². The van der Waals surface area contributed by atoms with Crippen LogP contribution in [0.15, 0.2) is 60.7 Å². The summed E-state index contributed by atoms with van der Waals surface area (Å²) in [4.78, 5) is 5.09. The third-order valence-corrected chi connectivity index (χ3v) is 9.03. The molecule has 3 aliphatic rings. The van der Waals surface area contributed by atoms with Crippen LogP contribution in [0.2, 0.25) is 5.31 Å². The largest absolute Gasteiger partial charge is 1.00 e. The summed E-state index contributed by atoms with van der Waals surface area (Å²) in [7, 11) is -18.1. The second-order valence-corrected chi connectivity index (χ2v) is 14.2. The molecule has 3 fully saturated rings. The molecule has 2 aromatic rings. The number of nitrogens with zero attached hydrogens (tertiary/aromatic N) is 2. The predicted octanol–water partition coefficient (Wildman–Crippen LogP) is 7.92. The number of benzene rings is 2. The molecular formula is C32H48B4F12KN2O2-3. The van der Waals surface area contributed by atoms with E-state index in [1.807, 2.05) is 0 Å². The van der Waals surface area contributed by atoms with E-state index in [4.69, 9.17) is 9.31 Å². The Morgan fingerprint density at radius 3 is 1.15 bits per heavy atom. The van der Waals surface area contributed by atoms with Gasteiger partial charge >= 0.3 is 80.3 Å². The van der Waals surface area contributed by atoms with E-state index in [0.717, 1.165) is 39.0 Å². The summed E-state index contributed by atoms with van der Waals surface area (Å²) in [5.74, 6) is 1.66. The molecule has 3 saturated heterocycles. The SMILES string of the molecule is CC1(B2OC(C)(C)C(C)(C)O2)CCN(Cc2ccccc2)CC1.C[C-]1CCN(Cc2ccccc2)CC1.F[B-](F)(F)F.F[B-](F)(F)F.F[B-](F)(F)F.[K+]. The van der Waals surface area contributed by atoms with Crippen molar-refractivity contribution in [1.82, 2.24) is 9.80 Å². The van der Waals surface area contributed by atoms with Gasteiger partial charge in [0.1, 0.15) is 0 Å². The second kappa shape index (κ2) is 22.9. The van der Waals surface area contributed by atoms with Crippen LogP contribution >= 0.6 is 0 Å². The van der Waals surface area contributed by atoms with Gasteiger partial charge in [0.25, 0.3) is 0 Å². The normalized spacial score (nSPS) is 20.1. The van der Waals surface area contributed by atoms with Gasteiger partial charge in [-0.1, -0.05) is 67.6 Å². The first-order valence-corrected chi connectivity index (χ1v) is 16.9. The van der Waals surface area contributed by atoms with Gasteiger partial charge in [-0.25, -0.2) is 0 Å². The monoisotopic (exact) mass is 803 g/mol.